The zero-order valence-corrected chi connectivity index (χ0v) is 24.6. The molecule has 1 aromatic carbocycles. The van der Waals surface area contributed by atoms with Gasteiger partial charge in [0.1, 0.15) is 17.5 Å². The number of benzene rings is 1. The number of hydrogen-bond donors (Lipinski definition) is 1. The molecule has 3 atom stereocenters. The van der Waals surface area contributed by atoms with Crippen molar-refractivity contribution in [2.24, 2.45) is 16.8 Å². The molecule has 3 unspecified atom stereocenters. The summed E-state index contributed by atoms with van der Waals surface area (Å²) in [6.45, 7) is 26.3. The van der Waals surface area contributed by atoms with Crippen molar-refractivity contribution in [2.75, 3.05) is 6.54 Å². The van der Waals surface area contributed by atoms with E-state index in [0.29, 0.717) is 24.1 Å². The average molecular weight is 525 g/mol. The van der Waals surface area contributed by atoms with Gasteiger partial charge in [0, 0.05) is 28.9 Å². The van der Waals surface area contributed by atoms with E-state index in [1.807, 2.05) is 6.92 Å². The Balaban J connectivity index is 2.30. The Hall–Kier alpha value is -2.53. The number of alkyl halides is 1. The van der Waals surface area contributed by atoms with Crippen LogP contribution in [-0.4, -0.2) is 24.0 Å². The van der Waals surface area contributed by atoms with Crippen LogP contribution in [0.25, 0.3) is 10.6 Å². The fourth-order valence-electron chi connectivity index (χ4n) is 4.23. The van der Waals surface area contributed by atoms with Gasteiger partial charge in [-0.05, 0) is 100.0 Å². The number of thioether (sulfide) groups is 1. The van der Waals surface area contributed by atoms with Crippen molar-refractivity contribution in [1.29, 1.82) is 0 Å². The molecule has 3 nitrogen and oxygen atoms in total. The molecule has 0 aliphatic heterocycles. The topological polar surface area (TPSA) is 33.6 Å². The zero-order chi connectivity index (χ0) is 27.8. The second kappa shape index (κ2) is 13.9. The number of allylic oxidation sites excluding steroid dienone is 2. The van der Waals surface area contributed by atoms with E-state index in [4.69, 9.17) is 4.74 Å². The molecule has 0 bridgehead atoms. The first-order chi connectivity index (χ1) is 17.4. The molecule has 0 radical (unpaired) electrons. The molecule has 1 aliphatic rings. The Bertz CT molecular complexity index is 1080. The van der Waals surface area contributed by atoms with Gasteiger partial charge in [-0.1, -0.05) is 57.5 Å². The minimum Gasteiger partial charge on any atom is -0.490 e. The SMILES string of the molecule is C=C/C(=C\N=C(C)C(C)(C)F)CNC(=C)c1cc(OC2CC(C)CC2CC)cc(C(=C)S/C(C)=C\C)c1. The van der Waals surface area contributed by atoms with Crippen LogP contribution in [0.2, 0.25) is 0 Å². The van der Waals surface area contributed by atoms with Crippen molar-refractivity contribution in [2.45, 2.75) is 79.5 Å². The predicted octanol–water partition coefficient (Wildman–Crippen LogP) is 9.36. The van der Waals surface area contributed by atoms with E-state index in [9.17, 15) is 4.39 Å². The first kappa shape index (κ1) is 30.7. The van der Waals surface area contributed by atoms with Crippen molar-refractivity contribution in [3.63, 3.8) is 0 Å². The fourth-order valence-corrected chi connectivity index (χ4v) is 4.97. The standard InChI is InChI=1S/C32H45FN2OS/c1-11-22(5)37-24(7)29-16-28(17-30(18-29)36-31-15-21(4)14-27(31)13-3)23(6)34-19-26(12-2)20-35-25(8)32(9,10)33/h11-12,16-18,20-21,27,31,34H,2,6-7,13-15,19H2,1,3-5,8-10H3/b22-11-,26-20+,35-25?. The Labute approximate surface area is 228 Å². The number of nitrogens with zero attached hydrogens (tertiary/aromatic N) is 1. The Kier molecular flexibility index (Phi) is 11.5. The van der Waals surface area contributed by atoms with Gasteiger partial charge in [0.15, 0.2) is 0 Å². The number of aliphatic imine (C=N–C) groups is 1. The molecule has 0 spiro atoms. The molecule has 0 amide bonds. The lowest BCUT2D eigenvalue weighted by molar-refractivity contribution is 0.155. The van der Waals surface area contributed by atoms with Gasteiger partial charge in [-0.3, -0.25) is 4.99 Å². The third-order valence-electron chi connectivity index (χ3n) is 7.00. The van der Waals surface area contributed by atoms with Crippen LogP contribution in [0.3, 0.4) is 0 Å². The van der Waals surface area contributed by atoms with Gasteiger partial charge in [-0.25, -0.2) is 4.39 Å². The van der Waals surface area contributed by atoms with E-state index >= 15 is 0 Å². The van der Waals surface area contributed by atoms with Crippen molar-refractivity contribution in [1.82, 2.24) is 5.32 Å². The minimum absolute atomic E-state index is 0.221. The molecular formula is C32H45FN2OS. The summed E-state index contributed by atoms with van der Waals surface area (Å²) in [6.07, 6.45) is 9.09. The van der Waals surface area contributed by atoms with Crippen LogP contribution in [0.15, 0.2) is 71.8 Å². The van der Waals surface area contributed by atoms with E-state index in [2.05, 4.69) is 75.1 Å². The van der Waals surface area contributed by atoms with E-state index < -0.39 is 5.67 Å². The van der Waals surface area contributed by atoms with Gasteiger partial charge in [-0.2, -0.15) is 0 Å². The van der Waals surface area contributed by atoms with E-state index in [1.165, 1.54) is 25.2 Å². The van der Waals surface area contributed by atoms with E-state index in [-0.39, 0.29) is 6.10 Å². The number of ether oxygens (including phenoxy) is 1. The molecule has 2 rings (SSSR count). The van der Waals surface area contributed by atoms with Gasteiger partial charge >= 0.3 is 0 Å². The van der Waals surface area contributed by atoms with E-state index in [1.54, 1.807) is 31.0 Å². The summed E-state index contributed by atoms with van der Waals surface area (Å²) in [7, 11) is 0. The Morgan fingerprint density at radius 2 is 1.89 bits per heavy atom. The zero-order valence-electron chi connectivity index (χ0n) is 23.8. The second-order valence-electron chi connectivity index (χ2n) is 10.5. The Morgan fingerprint density at radius 1 is 1.22 bits per heavy atom. The molecule has 37 heavy (non-hydrogen) atoms. The molecule has 1 saturated carbocycles. The van der Waals surface area contributed by atoms with Gasteiger partial charge in [0.05, 0.1) is 5.71 Å². The number of rotatable bonds is 13. The predicted molar refractivity (Wildman–Crippen MR) is 163 cm³/mol. The van der Waals surface area contributed by atoms with Crippen LogP contribution in [0, 0.1) is 11.8 Å². The maximum atomic E-state index is 14.1. The summed E-state index contributed by atoms with van der Waals surface area (Å²) >= 11 is 1.66. The van der Waals surface area contributed by atoms with Crippen LogP contribution in [0.4, 0.5) is 4.39 Å². The summed E-state index contributed by atoms with van der Waals surface area (Å²) in [5, 5.41) is 3.38. The van der Waals surface area contributed by atoms with Crippen LogP contribution in [-0.2, 0) is 0 Å². The summed E-state index contributed by atoms with van der Waals surface area (Å²) in [5.41, 5.74) is 2.52. The van der Waals surface area contributed by atoms with Gasteiger partial charge in [0.2, 0.25) is 0 Å². The third kappa shape index (κ3) is 9.37. The van der Waals surface area contributed by atoms with Crippen LogP contribution in [0.1, 0.15) is 78.9 Å². The molecular weight excluding hydrogens is 479 g/mol. The molecule has 0 aromatic heterocycles. The third-order valence-corrected chi connectivity index (χ3v) is 8.04. The molecule has 1 aromatic rings. The number of halogens is 1. The van der Waals surface area contributed by atoms with Crippen LogP contribution in [0.5, 0.6) is 5.75 Å². The fraction of sp³-hybridized carbons (Fsp3) is 0.469. The lowest BCUT2D eigenvalue weighted by Gasteiger charge is -2.22. The first-order valence-electron chi connectivity index (χ1n) is 13.2. The molecule has 1 N–H and O–H groups in total. The average Bonchev–Trinajstić information content (AvgIpc) is 3.21. The van der Waals surface area contributed by atoms with Crippen LogP contribution < -0.4 is 10.1 Å². The summed E-state index contributed by atoms with van der Waals surface area (Å²) < 4.78 is 20.7. The highest BCUT2D eigenvalue weighted by Gasteiger charge is 2.32. The summed E-state index contributed by atoms with van der Waals surface area (Å²) in [6, 6.07) is 6.25. The van der Waals surface area contributed by atoms with Gasteiger partial charge in [0.25, 0.3) is 0 Å². The van der Waals surface area contributed by atoms with Crippen molar-refractivity contribution < 1.29 is 9.13 Å². The first-order valence-corrected chi connectivity index (χ1v) is 14.0. The van der Waals surface area contributed by atoms with Gasteiger partial charge in [-0.15, -0.1) is 0 Å². The monoisotopic (exact) mass is 524 g/mol. The molecule has 0 heterocycles. The smallest absolute Gasteiger partial charge is 0.143 e. The Morgan fingerprint density at radius 3 is 2.49 bits per heavy atom. The largest absolute Gasteiger partial charge is 0.490 e. The molecule has 1 aliphatic carbocycles. The van der Waals surface area contributed by atoms with E-state index in [0.717, 1.165) is 45.9 Å². The number of hydrogen-bond acceptors (Lipinski definition) is 4. The second-order valence-corrected chi connectivity index (χ2v) is 11.8. The van der Waals surface area contributed by atoms with Crippen molar-refractivity contribution >= 4 is 28.1 Å². The van der Waals surface area contributed by atoms with Crippen LogP contribution >= 0.6 is 11.8 Å². The number of nitrogens with one attached hydrogen (secondary N) is 1. The molecule has 1 fully saturated rings. The highest BCUT2D eigenvalue weighted by atomic mass is 32.2. The highest BCUT2D eigenvalue weighted by molar-refractivity contribution is 8.11. The maximum Gasteiger partial charge on any atom is 0.143 e. The highest BCUT2D eigenvalue weighted by Crippen LogP contribution is 2.38. The molecule has 5 heteroatoms. The summed E-state index contributed by atoms with van der Waals surface area (Å²) in [5.74, 6) is 2.10. The maximum absolute atomic E-state index is 14.1. The molecule has 0 saturated heterocycles. The summed E-state index contributed by atoms with van der Waals surface area (Å²) in [4.78, 5) is 6.44. The van der Waals surface area contributed by atoms with Crippen molar-refractivity contribution in [3.8, 4) is 5.75 Å². The van der Waals surface area contributed by atoms with Crippen molar-refractivity contribution in [3.05, 3.63) is 77.9 Å². The molecule has 202 valence electrons. The lowest BCUT2D eigenvalue weighted by Crippen LogP contribution is -2.22. The lowest BCUT2D eigenvalue weighted by atomic mass is 10.0. The minimum atomic E-state index is -1.46. The van der Waals surface area contributed by atoms with Gasteiger partial charge < -0.3 is 10.1 Å². The normalized spacial score (nSPS) is 21.1. The quantitative estimate of drug-likeness (QED) is 0.206.